The Hall–Kier alpha value is -1.62. The van der Waals surface area contributed by atoms with Gasteiger partial charge in [-0.2, -0.15) is 0 Å². The average Bonchev–Trinajstić information content (AvgIpc) is 2.73. The SMILES string of the molecule is Oc1ccc2nnn(C3CCCOC3)c2c1. The van der Waals surface area contributed by atoms with Gasteiger partial charge in [0.1, 0.15) is 11.3 Å². The first-order valence-corrected chi connectivity index (χ1v) is 5.46. The largest absolute Gasteiger partial charge is 0.508 e. The van der Waals surface area contributed by atoms with Gasteiger partial charge in [0.25, 0.3) is 0 Å². The molecule has 0 aliphatic carbocycles. The van der Waals surface area contributed by atoms with Crippen LogP contribution in [0.5, 0.6) is 5.75 Å². The van der Waals surface area contributed by atoms with Crippen LogP contribution in [-0.4, -0.2) is 33.3 Å². The molecule has 1 aromatic carbocycles. The number of nitrogens with zero attached hydrogens (tertiary/aromatic N) is 3. The van der Waals surface area contributed by atoms with E-state index in [1.165, 1.54) is 0 Å². The fourth-order valence-electron chi connectivity index (χ4n) is 2.11. The third kappa shape index (κ3) is 1.53. The zero-order valence-corrected chi connectivity index (χ0v) is 8.83. The Balaban J connectivity index is 2.05. The van der Waals surface area contributed by atoms with Crippen LogP contribution in [0.15, 0.2) is 18.2 Å². The summed E-state index contributed by atoms with van der Waals surface area (Å²) < 4.78 is 7.29. The second-order valence-corrected chi connectivity index (χ2v) is 4.08. The Morgan fingerprint density at radius 3 is 3.19 bits per heavy atom. The summed E-state index contributed by atoms with van der Waals surface area (Å²) in [5, 5.41) is 17.7. The molecule has 84 valence electrons. The number of phenols is 1. The van der Waals surface area contributed by atoms with Gasteiger partial charge in [0, 0.05) is 12.7 Å². The molecule has 3 rings (SSSR count). The molecule has 1 aliphatic heterocycles. The van der Waals surface area contributed by atoms with Gasteiger partial charge in [0.2, 0.25) is 0 Å². The second-order valence-electron chi connectivity index (χ2n) is 4.08. The van der Waals surface area contributed by atoms with E-state index in [1.807, 2.05) is 4.68 Å². The lowest BCUT2D eigenvalue weighted by Crippen LogP contribution is -2.22. The number of phenolic OH excluding ortho intramolecular Hbond substituents is 1. The van der Waals surface area contributed by atoms with E-state index in [0.29, 0.717) is 6.61 Å². The Labute approximate surface area is 92.6 Å². The van der Waals surface area contributed by atoms with Crippen molar-refractivity contribution in [2.24, 2.45) is 0 Å². The van der Waals surface area contributed by atoms with E-state index in [-0.39, 0.29) is 11.8 Å². The van der Waals surface area contributed by atoms with Crippen molar-refractivity contribution in [1.29, 1.82) is 0 Å². The number of ether oxygens (including phenoxy) is 1. The third-order valence-corrected chi connectivity index (χ3v) is 2.94. The van der Waals surface area contributed by atoms with Crippen LogP contribution in [0, 0.1) is 0 Å². The van der Waals surface area contributed by atoms with Crippen molar-refractivity contribution < 1.29 is 9.84 Å². The van der Waals surface area contributed by atoms with Crippen LogP contribution in [0.1, 0.15) is 18.9 Å². The quantitative estimate of drug-likeness (QED) is 0.789. The first kappa shape index (κ1) is 9.59. The van der Waals surface area contributed by atoms with Crippen LogP contribution in [0.4, 0.5) is 0 Å². The van der Waals surface area contributed by atoms with Crippen molar-refractivity contribution in [2.75, 3.05) is 13.2 Å². The molecule has 5 heteroatoms. The molecule has 0 saturated carbocycles. The van der Waals surface area contributed by atoms with Crippen LogP contribution in [0.3, 0.4) is 0 Å². The summed E-state index contributed by atoms with van der Waals surface area (Å²) in [6.45, 7) is 1.50. The summed E-state index contributed by atoms with van der Waals surface area (Å²) in [5.74, 6) is 0.243. The summed E-state index contributed by atoms with van der Waals surface area (Å²) in [4.78, 5) is 0. The number of fused-ring (bicyclic) bond motifs is 1. The fourth-order valence-corrected chi connectivity index (χ4v) is 2.11. The topological polar surface area (TPSA) is 60.2 Å². The van der Waals surface area contributed by atoms with E-state index >= 15 is 0 Å². The summed E-state index contributed by atoms with van der Waals surface area (Å²) in [6.07, 6.45) is 2.10. The van der Waals surface area contributed by atoms with Gasteiger partial charge in [0.15, 0.2) is 0 Å². The Morgan fingerprint density at radius 1 is 1.44 bits per heavy atom. The van der Waals surface area contributed by atoms with Crippen LogP contribution in [0.2, 0.25) is 0 Å². The number of aromatic hydroxyl groups is 1. The minimum Gasteiger partial charge on any atom is -0.508 e. The predicted octanol–water partition coefficient (Wildman–Crippen LogP) is 1.49. The van der Waals surface area contributed by atoms with Gasteiger partial charge in [-0.05, 0) is 25.0 Å². The molecule has 1 fully saturated rings. The minimum atomic E-state index is 0.237. The highest BCUT2D eigenvalue weighted by Crippen LogP contribution is 2.24. The first-order valence-electron chi connectivity index (χ1n) is 5.46. The lowest BCUT2D eigenvalue weighted by Gasteiger charge is -2.22. The van der Waals surface area contributed by atoms with E-state index < -0.39 is 0 Å². The number of benzene rings is 1. The molecule has 1 saturated heterocycles. The van der Waals surface area contributed by atoms with Gasteiger partial charge in [-0.25, -0.2) is 4.68 Å². The Bertz CT molecular complexity index is 503. The van der Waals surface area contributed by atoms with Gasteiger partial charge in [0.05, 0.1) is 18.2 Å². The molecule has 5 nitrogen and oxygen atoms in total. The molecule has 1 aromatic heterocycles. The summed E-state index contributed by atoms with van der Waals surface area (Å²) in [6, 6.07) is 5.33. The molecule has 2 heterocycles. The number of hydrogen-bond donors (Lipinski definition) is 1. The molecule has 2 aromatic rings. The molecule has 16 heavy (non-hydrogen) atoms. The van der Waals surface area contributed by atoms with E-state index in [0.717, 1.165) is 30.5 Å². The highest BCUT2D eigenvalue weighted by molar-refractivity contribution is 5.76. The molecule has 1 unspecified atom stereocenters. The van der Waals surface area contributed by atoms with Gasteiger partial charge in [-0.3, -0.25) is 0 Å². The summed E-state index contributed by atoms with van der Waals surface area (Å²) in [5.41, 5.74) is 1.68. The molecule has 0 amide bonds. The first-order chi connectivity index (χ1) is 7.84. The van der Waals surface area contributed by atoms with Crippen molar-refractivity contribution >= 4 is 11.0 Å². The van der Waals surface area contributed by atoms with Crippen molar-refractivity contribution in [3.63, 3.8) is 0 Å². The minimum absolute atomic E-state index is 0.237. The molecule has 1 aliphatic rings. The van der Waals surface area contributed by atoms with Crippen molar-refractivity contribution in [2.45, 2.75) is 18.9 Å². The van der Waals surface area contributed by atoms with Gasteiger partial charge in [-0.15, -0.1) is 5.10 Å². The molecular weight excluding hydrogens is 206 g/mol. The van der Waals surface area contributed by atoms with E-state index in [2.05, 4.69) is 10.3 Å². The zero-order valence-electron chi connectivity index (χ0n) is 8.83. The van der Waals surface area contributed by atoms with Gasteiger partial charge < -0.3 is 9.84 Å². The van der Waals surface area contributed by atoms with Gasteiger partial charge in [-0.1, -0.05) is 5.21 Å². The average molecular weight is 219 g/mol. The number of aromatic nitrogens is 3. The fraction of sp³-hybridized carbons (Fsp3) is 0.455. The molecule has 1 N–H and O–H groups in total. The maximum absolute atomic E-state index is 9.47. The third-order valence-electron chi connectivity index (χ3n) is 2.94. The molecule has 1 atom stereocenters. The van der Waals surface area contributed by atoms with E-state index in [1.54, 1.807) is 18.2 Å². The van der Waals surface area contributed by atoms with Crippen molar-refractivity contribution in [3.8, 4) is 5.75 Å². The second kappa shape index (κ2) is 3.75. The van der Waals surface area contributed by atoms with E-state index in [4.69, 9.17) is 4.74 Å². The molecular formula is C11H13N3O2. The lowest BCUT2D eigenvalue weighted by atomic mass is 10.1. The highest BCUT2D eigenvalue weighted by atomic mass is 16.5. The summed E-state index contributed by atoms with van der Waals surface area (Å²) in [7, 11) is 0. The normalized spacial score (nSPS) is 21.4. The Kier molecular flexibility index (Phi) is 2.25. The highest BCUT2D eigenvalue weighted by Gasteiger charge is 2.19. The predicted molar refractivity (Wildman–Crippen MR) is 58.3 cm³/mol. The molecule has 0 bridgehead atoms. The maximum atomic E-state index is 9.47. The number of rotatable bonds is 1. The smallest absolute Gasteiger partial charge is 0.117 e. The molecule has 0 spiro atoms. The number of hydrogen-bond acceptors (Lipinski definition) is 4. The Morgan fingerprint density at radius 2 is 2.38 bits per heavy atom. The standard InChI is InChI=1S/C11H13N3O2/c15-9-3-4-10-11(6-9)14(13-12-10)8-2-1-5-16-7-8/h3-4,6,8,15H,1-2,5,7H2. The van der Waals surface area contributed by atoms with Crippen molar-refractivity contribution in [3.05, 3.63) is 18.2 Å². The van der Waals surface area contributed by atoms with Crippen LogP contribution < -0.4 is 0 Å². The van der Waals surface area contributed by atoms with Crippen LogP contribution in [-0.2, 0) is 4.74 Å². The van der Waals surface area contributed by atoms with Crippen molar-refractivity contribution in [1.82, 2.24) is 15.0 Å². The summed E-state index contributed by atoms with van der Waals surface area (Å²) >= 11 is 0. The maximum Gasteiger partial charge on any atom is 0.117 e. The van der Waals surface area contributed by atoms with Gasteiger partial charge >= 0.3 is 0 Å². The lowest BCUT2D eigenvalue weighted by molar-refractivity contribution is 0.0558. The van der Waals surface area contributed by atoms with Crippen LogP contribution in [0.25, 0.3) is 11.0 Å². The monoisotopic (exact) mass is 219 g/mol. The zero-order chi connectivity index (χ0) is 11.0. The van der Waals surface area contributed by atoms with E-state index in [9.17, 15) is 5.11 Å². The molecule has 0 radical (unpaired) electrons. The van der Waals surface area contributed by atoms with Crippen LogP contribution >= 0.6 is 0 Å².